The number of likely N-dealkylation sites (tertiary alicyclic amines) is 1. The number of aryl methyl sites for hydroxylation is 1. The van der Waals surface area contributed by atoms with Crippen molar-refractivity contribution in [2.24, 2.45) is 0 Å². The number of piperidine rings is 1. The molecule has 0 spiro atoms. The fourth-order valence-electron chi connectivity index (χ4n) is 4.24. The molecule has 2 heterocycles. The molecule has 1 N–H and O–H groups in total. The molecule has 8 nitrogen and oxygen atoms in total. The summed E-state index contributed by atoms with van der Waals surface area (Å²) in [5, 5.41) is 22.1. The number of amides is 1. The Kier molecular flexibility index (Phi) is 6.47. The highest BCUT2D eigenvalue weighted by atomic mass is 19.1. The van der Waals surface area contributed by atoms with Crippen molar-refractivity contribution in [2.45, 2.75) is 44.6 Å². The lowest BCUT2D eigenvalue weighted by atomic mass is 9.85. The summed E-state index contributed by atoms with van der Waals surface area (Å²) in [6.45, 7) is 9.89. The molecule has 0 aliphatic carbocycles. The highest BCUT2D eigenvalue weighted by Gasteiger charge is 2.33. The molecule has 0 unspecified atom stereocenters. The van der Waals surface area contributed by atoms with Crippen LogP contribution in [0.5, 0.6) is 0 Å². The number of carbonyl (C=O) groups is 1. The summed E-state index contributed by atoms with van der Waals surface area (Å²) < 4.78 is 15.3. The Morgan fingerprint density at radius 3 is 2.58 bits per heavy atom. The van der Waals surface area contributed by atoms with E-state index in [0.29, 0.717) is 50.8 Å². The first-order chi connectivity index (χ1) is 15.9. The molecule has 170 valence electrons. The average molecular weight is 449 g/mol. The van der Waals surface area contributed by atoms with Crippen LogP contribution in [0.1, 0.15) is 36.0 Å². The number of tetrazole rings is 1. The molecule has 1 aliphatic heterocycles. The molecule has 1 fully saturated rings. The Labute approximate surface area is 191 Å². The first-order valence-electron chi connectivity index (χ1n) is 10.9. The van der Waals surface area contributed by atoms with Gasteiger partial charge in [-0.1, -0.05) is 23.8 Å². The maximum Gasteiger partial charge on any atom is 0.226 e. The topological polar surface area (TPSA) is 88.5 Å². The number of aliphatic hydroxyl groups is 1. The van der Waals surface area contributed by atoms with Crippen LogP contribution in [0.15, 0.2) is 42.7 Å². The van der Waals surface area contributed by atoms with E-state index >= 15 is 0 Å². The summed E-state index contributed by atoms with van der Waals surface area (Å²) >= 11 is 0. The smallest absolute Gasteiger partial charge is 0.226 e. The van der Waals surface area contributed by atoms with E-state index in [4.69, 9.17) is 6.57 Å². The van der Waals surface area contributed by atoms with Crippen molar-refractivity contribution in [3.63, 3.8) is 0 Å². The lowest BCUT2D eigenvalue weighted by Gasteiger charge is -2.38. The third-order valence-corrected chi connectivity index (χ3v) is 6.42. The molecular weight excluding hydrogens is 423 g/mol. The van der Waals surface area contributed by atoms with E-state index in [1.54, 1.807) is 22.6 Å². The number of benzene rings is 2. The van der Waals surface area contributed by atoms with Gasteiger partial charge >= 0.3 is 0 Å². The first kappa shape index (κ1) is 22.6. The average Bonchev–Trinajstić information content (AvgIpc) is 3.35. The van der Waals surface area contributed by atoms with Crippen LogP contribution in [0.4, 0.5) is 10.1 Å². The van der Waals surface area contributed by atoms with E-state index in [9.17, 15) is 14.3 Å². The predicted octanol–water partition coefficient (Wildman–Crippen LogP) is 3.19. The molecule has 4 rings (SSSR count). The van der Waals surface area contributed by atoms with Gasteiger partial charge in [0.2, 0.25) is 11.6 Å². The zero-order valence-electron chi connectivity index (χ0n) is 18.4. The first-order valence-corrected chi connectivity index (χ1v) is 10.9. The fourth-order valence-corrected chi connectivity index (χ4v) is 4.24. The highest BCUT2D eigenvalue weighted by Crippen LogP contribution is 2.31. The SMILES string of the molecule is [C-]#[N+]c1c(F)ccc(CCC2(O)CCN(C(=O)Cc3ccc(-n4cnnn4)cc3)CC2)c1C. The largest absolute Gasteiger partial charge is 0.390 e. The molecule has 0 saturated carbocycles. The van der Waals surface area contributed by atoms with Crippen LogP contribution in [-0.4, -0.2) is 54.8 Å². The summed E-state index contributed by atoms with van der Waals surface area (Å²) in [6.07, 6.45) is 3.86. The number of hydrogen-bond donors (Lipinski definition) is 1. The summed E-state index contributed by atoms with van der Waals surface area (Å²) in [5.74, 6) is -0.481. The third-order valence-electron chi connectivity index (χ3n) is 6.42. The van der Waals surface area contributed by atoms with Gasteiger partial charge in [0.1, 0.15) is 12.1 Å². The second-order valence-corrected chi connectivity index (χ2v) is 8.49. The van der Waals surface area contributed by atoms with Gasteiger partial charge in [0.25, 0.3) is 0 Å². The molecule has 0 bridgehead atoms. The zero-order chi connectivity index (χ0) is 23.4. The maximum absolute atomic E-state index is 13.8. The Morgan fingerprint density at radius 1 is 1.21 bits per heavy atom. The number of nitrogens with zero attached hydrogens (tertiary/aromatic N) is 6. The van der Waals surface area contributed by atoms with Gasteiger partial charge in [-0.05, 0) is 72.4 Å². The lowest BCUT2D eigenvalue weighted by Crippen LogP contribution is -2.47. The van der Waals surface area contributed by atoms with E-state index < -0.39 is 11.4 Å². The molecule has 2 aromatic carbocycles. The standard InChI is InChI=1S/C24H25FN6O2/c1-17-19(5-8-21(25)23(17)26-2)9-10-24(33)11-13-30(14-12-24)22(32)15-18-3-6-20(7-4-18)31-16-27-28-29-31/h3-8,16,33H,9-15H2,1H3. The van der Waals surface area contributed by atoms with Crippen LogP contribution in [0.25, 0.3) is 10.5 Å². The molecule has 0 radical (unpaired) electrons. The summed E-state index contributed by atoms with van der Waals surface area (Å²) in [5.41, 5.74) is 2.40. The summed E-state index contributed by atoms with van der Waals surface area (Å²) in [6, 6.07) is 10.5. The predicted molar refractivity (Wildman–Crippen MR) is 119 cm³/mol. The van der Waals surface area contributed by atoms with Crippen LogP contribution >= 0.6 is 0 Å². The van der Waals surface area contributed by atoms with E-state index in [2.05, 4.69) is 20.4 Å². The van der Waals surface area contributed by atoms with Gasteiger partial charge in [-0.15, -0.1) is 5.10 Å². The van der Waals surface area contributed by atoms with Gasteiger partial charge in [0.05, 0.1) is 24.3 Å². The number of halogens is 1. The minimum absolute atomic E-state index is 0.0308. The van der Waals surface area contributed by atoms with Crippen LogP contribution < -0.4 is 0 Å². The molecular formula is C24H25FN6O2. The normalized spacial score (nSPS) is 15.3. The second-order valence-electron chi connectivity index (χ2n) is 8.49. The van der Waals surface area contributed by atoms with Gasteiger partial charge in [-0.3, -0.25) is 4.79 Å². The highest BCUT2D eigenvalue weighted by molar-refractivity contribution is 5.79. The molecule has 1 amide bonds. The fraction of sp³-hybridized carbons (Fsp3) is 0.375. The van der Waals surface area contributed by atoms with Gasteiger partial charge in [-0.2, -0.15) is 0 Å². The van der Waals surface area contributed by atoms with E-state index in [1.165, 1.54) is 12.4 Å². The number of aromatic nitrogens is 4. The van der Waals surface area contributed by atoms with Crippen molar-refractivity contribution in [1.29, 1.82) is 0 Å². The number of hydrogen-bond acceptors (Lipinski definition) is 5. The van der Waals surface area contributed by atoms with Gasteiger partial charge in [-0.25, -0.2) is 13.9 Å². The lowest BCUT2D eigenvalue weighted by molar-refractivity contribution is -0.134. The Bertz CT molecular complexity index is 1160. The monoisotopic (exact) mass is 448 g/mol. The van der Waals surface area contributed by atoms with E-state index in [0.717, 1.165) is 16.8 Å². The molecule has 1 aliphatic rings. The zero-order valence-corrected chi connectivity index (χ0v) is 18.4. The molecule has 33 heavy (non-hydrogen) atoms. The maximum atomic E-state index is 13.8. The Hall–Kier alpha value is -3.64. The quantitative estimate of drug-likeness (QED) is 0.585. The molecule has 0 atom stereocenters. The number of carbonyl (C=O) groups excluding carboxylic acids is 1. The van der Waals surface area contributed by atoms with E-state index in [-0.39, 0.29) is 11.6 Å². The van der Waals surface area contributed by atoms with E-state index in [1.807, 2.05) is 24.3 Å². The van der Waals surface area contributed by atoms with Crippen molar-refractivity contribution in [1.82, 2.24) is 25.1 Å². The van der Waals surface area contributed by atoms with Crippen LogP contribution in [0.2, 0.25) is 0 Å². The Morgan fingerprint density at radius 2 is 1.94 bits per heavy atom. The van der Waals surface area contributed by atoms with Crippen molar-refractivity contribution in [2.75, 3.05) is 13.1 Å². The Balaban J connectivity index is 1.30. The van der Waals surface area contributed by atoms with Crippen molar-refractivity contribution < 1.29 is 14.3 Å². The van der Waals surface area contributed by atoms with Crippen LogP contribution in [0, 0.1) is 19.3 Å². The molecule has 3 aromatic rings. The van der Waals surface area contributed by atoms with Gasteiger partial charge in [0.15, 0.2) is 0 Å². The summed E-state index contributed by atoms with van der Waals surface area (Å²) in [7, 11) is 0. The summed E-state index contributed by atoms with van der Waals surface area (Å²) in [4.78, 5) is 17.8. The van der Waals surface area contributed by atoms with Crippen molar-refractivity contribution in [3.8, 4) is 5.69 Å². The molecule has 1 aromatic heterocycles. The number of rotatable bonds is 6. The van der Waals surface area contributed by atoms with Gasteiger partial charge < -0.3 is 10.0 Å². The van der Waals surface area contributed by atoms with Gasteiger partial charge in [0, 0.05) is 13.1 Å². The van der Waals surface area contributed by atoms with Crippen LogP contribution in [0.3, 0.4) is 0 Å². The minimum atomic E-state index is -0.872. The molecule has 9 heteroatoms. The second kappa shape index (κ2) is 9.46. The third kappa shape index (κ3) is 5.07. The van der Waals surface area contributed by atoms with Crippen molar-refractivity contribution >= 4 is 11.6 Å². The molecule has 1 saturated heterocycles. The van der Waals surface area contributed by atoms with Crippen molar-refractivity contribution in [3.05, 3.63) is 76.7 Å². The van der Waals surface area contributed by atoms with Crippen LogP contribution in [-0.2, 0) is 17.6 Å². The minimum Gasteiger partial charge on any atom is -0.390 e.